The summed E-state index contributed by atoms with van der Waals surface area (Å²) in [6.07, 6.45) is 1.64. The van der Waals surface area contributed by atoms with E-state index in [0.29, 0.717) is 31.1 Å². The Labute approximate surface area is 166 Å². The Hall–Kier alpha value is -2.69. The van der Waals surface area contributed by atoms with Gasteiger partial charge in [0.25, 0.3) is 5.91 Å². The largest absolute Gasteiger partial charge is 0.336 e. The Kier molecular flexibility index (Phi) is 6.45. The molecule has 4 nitrogen and oxygen atoms in total. The van der Waals surface area contributed by atoms with E-state index in [1.807, 2.05) is 17.0 Å². The molecule has 0 bridgehead atoms. The molecule has 2 amide bonds. The molecule has 148 valence electrons. The SMILES string of the molecule is CC(C)CCN(CC(=O)N1CCc2ccccc2C1)C(=O)c1ccc(F)cc1. The summed E-state index contributed by atoms with van der Waals surface area (Å²) >= 11 is 0. The molecule has 1 heterocycles. The molecule has 5 heteroatoms. The van der Waals surface area contributed by atoms with Crippen molar-refractivity contribution in [3.05, 3.63) is 71.0 Å². The first-order chi connectivity index (χ1) is 13.4. The third-order valence-corrected chi connectivity index (χ3v) is 5.16. The van der Waals surface area contributed by atoms with Crippen molar-refractivity contribution in [2.75, 3.05) is 19.6 Å². The molecule has 1 aliphatic heterocycles. The molecule has 2 aromatic carbocycles. The van der Waals surface area contributed by atoms with Crippen molar-refractivity contribution in [2.24, 2.45) is 5.92 Å². The molecule has 28 heavy (non-hydrogen) atoms. The van der Waals surface area contributed by atoms with Gasteiger partial charge in [-0.05, 0) is 54.2 Å². The van der Waals surface area contributed by atoms with Gasteiger partial charge in [0, 0.05) is 25.2 Å². The van der Waals surface area contributed by atoms with Crippen LogP contribution in [0.4, 0.5) is 4.39 Å². The first kappa shape index (κ1) is 20.1. The second kappa shape index (κ2) is 9.00. The van der Waals surface area contributed by atoms with E-state index < -0.39 is 0 Å². The first-order valence-electron chi connectivity index (χ1n) is 9.83. The number of rotatable bonds is 6. The summed E-state index contributed by atoms with van der Waals surface area (Å²) in [7, 11) is 0. The Morgan fingerprint density at radius 3 is 2.43 bits per heavy atom. The van der Waals surface area contributed by atoms with E-state index in [0.717, 1.165) is 12.8 Å². The van der Waals surface area contributed by atoms with Gasteiger partial charge < -0.3 is 9.80 Å². The summed E-state index contributed by atoms with van der Waals surface area (Å²) < 4.78 is 13.2. The van der Waals surface area contributed by atoms with E-state index in [-0.39, 0.29) is 24.2 Å². The first-order valence-corrected chi connectivity index (χ1v) is 9.83. The fraction of sp³-hybridized carbons (Fsp3) is 0.391. The van der Waals surface area contributed by atoms with Crippen LogP contribution < -0.4 is 0 Å². The van der Waals surface area contributed by atoms with Crippen molar-refractivity contribution in [1.82, 2.24) is 9.80 Å². The van der Waals surface area contributed by atoms with Crippen LogP contribution in [0.15, 0.2) is 48.5 Å². The third kappa shape index (κ3) is 4.97. The van der Waals surface area contributed by atoms with Gasteiger partial charge in [0.15, 0.2) is 0 Å². The van der Waals surface area contributed by atoms with Crippen molar-refractivity contribution >= 4 is 11.8 Å². The van der Waals surface area contributed by atoms with Gasteiger partial charge >= 0.3 is 0 Å². The van der Waals surface area contributed by atoms with Gasteiger partial charge in [-0.25, -0.2) is 4.39 Å². The fourth-order valence-corrected chi connectivity index (χ4v) is 3.41. The van der Waals surface area contributed by atoms with Crippen LogP contribution >= 0.6 is 0 Å². The van der Waals surface area contributed by atoms with Crippen LogP contribution in [0.2, 0.25) is 0 Å². The predicted molar refractivity (Wildman–Crippen MR) is 107 cm³/mol. The van der Waals surface area contributed by atoms with E-state index >= 15 is 0 Å². The molecular formula is C23H27FN2O2. The number of carbonyl (C=O) groups excluding carboxylic acids is 2. The number of hydrogen-bond acceptors (Lipinski definition) is 2. The maximum atomic E-state index is 13.2. The van der Waals surface area contributed by atoms with Crippen LogP contribution in [0.5, 0.6) is 0 Å². The molecule has 0 saturated heterocycles. The highest BCUT2D eigenvalue weighted by molar-refractivity contribution is 5.96. The number of hydrogen-bond donors (Lipinski definition) is 0. The number of fused-ring (bicyclic) bond motifs is 1. The summed E-state index contributed by atoms with van der Waals surface area (Å²) in [6.45, 7) is 5.97. The normalized spacial score (nSPS) is 13.4. The summed E-state index contributed by atoms with van der Waals surface area (Å²) in [5.74, 6) is -0.242. The van der Waals surface area contributed by atoms with Crippen LogP contribution in [0, 0.1) is 11.7 Å². The van der Waals surface area contributed by atoms with E-state index in [1.165, 1.54) is 35.4 Å². The van der Waals surface area contributed by atoms with Crippen molar-refractivity contribution in [3.63, 3.8) is 0 Å². The predicted octanol–water partition coefficient (Wildman–Crippen LogP) is 3.90. The van der Waals surface area contributed by atoms with Gasteiger partial charge in [0.1, 0.15) is 12.4 Å². The number of benzene rings is 2. The highest BCUT2D eigenvalue weighted by Crippen LogP contribution is 2.19. The maximum absolute atomic E-state index is 13.2. The zero-order valence-corrected chi connectivity index (χ0v) is 16.5. The number of nitrogens with zero attached hydrogens (tertiary/aromatic N) is 2. The van der Waals surface area contributed by atoms with Gasteiger partial charge in [-0.3, -0.25) is 9.59 Å². The molecule has 3 rings (SSSR count). The molecular weight excluding hydrogens is 355 g/mol. The topological polar surface area (TPSA) is 40.6 Å². The Balaban J connectivity index is 1.71. The average molecular weight is 382 g/mol. The molecule has 0 radical (unpaired) electrons. The zero-order valence-electron chi connectivity index (χ0n) is 16.5. The highest BCUT2D eigenvalue weighted by Gasteiger charge is 2.25. The van der Waals surface area contributed by atoms with Gasteiger partial charge in [-0.15, -0.1) is 0 Å². The molecule has 0 unspecified atom stereocenters. The highest BCUT2D eigenvalue weighted by atomic mass is 19.1. The number of carbonyl (C=O) groups is 2. The van der Waals surface area contributed by atoms with Gasteiger partial charge in [-0.2, -0.15) is 0 Å². The summed E-state index contributed by atoms with van der Waals surface area (Å²) in [5.41, 5.74) is 2.85. The minimum atomic E-state index is -0.381. The lowest BCUT2D eigenvalue weighted by molar-refractivity contribution is -0.132. The molecule has 0 atom stereocenters. The van der Waals surface area contributed by atoms with Crippen molar-refractivity contribution < 1.29 is 14.0 Å². The Morgan fingerprint density at radius 2 is 1.75 bits per heavy atom. The van der Waals surface area contributed by atoms with E-state index in [1.54, 1.807) is 4.90 Å². The number of halogens is 1. The minimum absolute atomic E-state index is 0.0467. The molecule has 0 N–H and O–H groups in total. The zero-order chi connectivity index (χ0) is 20.1. The molecule has 0 spiro atoms. The van der Waals surface area contributed by atoms with Crippen LogP contribution in [0.25, 0.3) is 0 Å². The second-order valence-corrected chi connectivity index (χ2v) is 7.75. The van der Waals surface area contributed by atoms with Crippen LogP contribution in [0.3, 0.4) is 0 Å². The van der Waals surface area contributed by atoms with Crippen molar-refractivity contribution in [2.45, 2.75) is 33.2 Å². The van der Waals surface area contributed by atoms with Gasteiger partial charge in [-0.1, -0.05) is 38.1 Å². The Bertz CT molecular complexity index is 833. The van der Waals surface area contributed by atoms with Crippen molar-refractivity contribution in [1.29, 1.82) is 0 Å². The number of amides is 2. The summed E-state index contributed by atoms with van der Waals surface area (Å²) in [4.78, 5) is 29.3. The van der Waals surface area contributed by atoms with Gasteiger partial charge in [0.05, 0.1) is 0 Å². The standard InChI is InChI=1S/C23H27FN2O2/c1-17(2)11-13-26(23(28)19-7-9-21(24)10-8-19)16-22(27)25-14-12-18-5-3-4-6-20(18)15-25/h3-10,17H,11-16H2,1-2H3. The molecule has 0 aliphatic carbocycles. The van der Waals surface area contributed by atoms with Crippen molar-refractivity contribution in [3.8, 4) is 0 Å². The van der Waals surface area contributed by atoms with E-state index in [4.69, 9.17) is 0 Å². The summed E-state index contributed by atoms with van der Waals surface area (Å²) in [5, 5.41) is 0. The third-order valence-electron chi connectivity index (χ3n) is 5.16. The van der Waals surface area contributed by atoms with Crippen LogP contribution in [-0.2, 0) is 17.8 Å². The molecule has 0 aromatic heterocycles. The lowest BCUT2D eigenvalue weighted by Gasteiger charge is -2.31. The maximum Gasteiger partial charge on any atom is 0.254 e. The van der Waals surface area contributed by atoms with Crippen LogP contribution in [-0.4, -0.2) is 41.2 Å². The average Bonchev–Trinajstić information content (AvgIpc) is 2.70. The van der Waals surface area contributed by atoms with E-state index in [9.17, 15) is 14.0 Å². The minimum Gasteiger partial charge on any atom is -0.336 e. The van der Waals surface area contributed by atoms with Gasteiger partial charge in [0.2, 0.25) is 5.91 Å². The summed E-state index contributed by atoms with van der Waals surface area (Å²) in [6, 6.07) is 13.7. The Morgan fingerprint density at radius 1 is 1.07 bits per heavy atom. The van der Waals surface area contributed by atoms with E-state index in [2.05, 4.69) is 26.0 Å². The fourth-order valence-electron chi connectivity index (χ4n) is 3.41. The van der Waals surface area contributed by atoms with Crippen LogP contribution in [0.1, 0.15) is 41.8 Å². The molecule has 0 fully saturated rings. The lowest BCUT2D eigenvalue weighted by Crippen LogP contribution is -2.45. The smallest absolute Gasteiger partial charge is 0.254 e. The lowest BCUT2D eigenvalue weighted by atomic mass is 10.00. The quantitative estimate of drug-likeness (QED) is 0.760. The second-order valence-electron chi connectivity index (χ2n) is 7.75. The molecule has 1 aliphatic rings. The monoisotopic (exact) mass is 382 g/mol. The molecule has 0 saturated carbocycles. The molecule has 2 aromatic rings.